The predicted octanol–water partition coefficient (Wildman–Crippen LogP) is 6.04. The van der Waals surface area contributed by atoms with E-state index < -0.39 is 11.9 Å². The molecule has 1 atom stereocenters. The van der Waals surface area contributed by atoms with Gasteiger partial charge in [0, 0.05) is 46.8 Å². The molecule has 12 nitrogen and oxygen atoms in total. The Morgan fingerprint density at radius 3 is 2.57 bits per heavy atom. The Balaban J connectivity index is 0.760. The number of carbonyl (C=O) groups is 3. The molecule has 3 amide bonds. The van der Waals surface area contributed by atoms with Crippen molar-refractivity contribution >= 4 is 40.2 Å². The average molecular weight is 798 g/mol. The third-order valence-electron chi connectivity index (χ3n) is 14.1. The zero-order valence-electron chi connectivity index (χ0n) is 32.3. The normalized spacial score (nSPS) is 21.6. The molecule has 7 heterocycles. The first-order valence-electron chi connectivity index (χ1n) is 20.8. The van der Waals surface area contributed by atoms with E-state index in [9.17, 15) is 19.2 Å². The van der Waals surface area contributed by atoms with E-state index in [1.54, 1.807) is 11.0 Å². The Morgan fingerprint density at radius 2 is 1.74 bits per heavy atom. The number of aryl methyl sites for hydroxylation is 1. The van der Waals surface area contributed by atoms with Crippen molar-refractivity contribution in [3.8, 4) is 22.6 Å². The van der Waals surface area contributed by atoms with Gasteiger partial charge in [-0.1, -0.05) is 55.1 Å². The largest absolute Gasteiger partial charge is 0.492 e. The molecular weight excluding hydrogens is 754 g/mol. The van der Waals surface area contributed by atoms with Crippen LogP contribution >= 0.6 is 11.6 Å². The van der Waals surface area contributed by atoms with Crippen molar-refractivity contribution < 1.29 is 19.1 Å². The molecule has 0 unspecified atom stereocenters. The number of hydrogen-bond donors (Lipinski definition) is 1. The number of amides is 3. The van der Waals surface area contributed by atoms with Crippen LogP contribution in [0, 0.1) is 0 Å². The minimum atomic E-state index is -0.639. The highest BCUT2D eigenvalue weighted by atomic mass is 35.5. The zero-order chi connectivity index (χ0) is 39.3. The molecule has 0 bridgehead atoms. The van der Waals surface area contributed by atoms with E-state index in [2.05, 4.69) is 45.2 Å². The SMILES string of the molecule is O=C1CC[C@H](N2Cc3c(ccc4c3OCC43CCN(CCCn4cc(-c5ccc6c(c5)-n5c(nc(=O)c7c(Cl)cccc75)C65CCCCC5)cn4)CC3)C2=O)C(=O)N1. The van der Waals surface area contributed by atoms with Crippen molar-refractivity contribution in [2.24, 2.45) is 0 Å². The molecule has 13 heteroatoms. The molecule has 3 fully saturated rings. The van der Waals surface area contributed by atoms with Crippen LogP contribution in [0.4, 0.5) is 0 Å². The van der Waals surface area contributed by atoms with Crippen LogP contribution in [0.1, 0.15) is 97.1 Å². The zero-order valence-corrected chi connectivity index (χ0v) is 33.0. The summed E-state index contributed by atoms with van der Waals surface area (Å²) in [6.45, 7) is 4.63. The number of ether oxygens (including phenoxy) is 1. The maximum Gasteiger partial charge on any atom is 0.282 e. The van der Waals surface area contributed by atoms with Crippen molar-refractivity contribution in [3.05, 3.63) is 104 Å². The van der Waals surface area contributed by atoms with Gasteiger partial charge in [-0.25, -0.2) is 0 Å². The lowest BCUT2D eigenvalue weighted by atomic mass is 9.69. The van der Waals surface area contributed by atoms with Crippen molar-refractivity contribution in [1.82, 2.24) is 34.4 Å². The van der Waals surface area contributed by atoms with Gasteiger partial charge in [0.1, 0.15) is 17.6 Å². The van der Waals surface area contributed by atoms with Gasteiger partial charge in [0.15, 0.2) is 0 Å². The van der Waals surface area contributed by atoms with Gasteiger partial charge in [-0.3, -0.25) is 33.7 Å². The number of benzene rings is 3. The van der Waals surface area contributed by atoms with E-state index in [-0.39, 0.29) is 34.6 Å². The molecule has 1 N–H and O–H groups in total. The Kier molecular flexibility index (Phi) is 8.24. The van der Waals surface area contributed by atoms with E-state index in [0.29, 0.717) is 35.5 Å². The van der Waals surface area contributed by atoms with E-state index in [0.717, 1.165) is 111 Å². The molecule has 0 radical (unpaired) electrons. The van der Waals surface area contributed by atoms with Crippen LogP contribution in [0.25, 0.3) is 27.7 Å². The highest BCUT2D eigenvalue weighted by molar-refractivity contribution is 6.35. The fourth-order valence-electron chi connectivity index (χ4n) is 11.1. The van der Waals surface area contributed by atoms with Gasteiger partial charge in [0.05, 0.1) is 46.4 Å². The molecular formula is C45H44ClN7O5. The number of aromatic nitrogens is 4. The monoisotopic (exact) mass is 797 g/mol. The van der Waals surface area contributed by atoms with Gasteiger partial charge in [-0.2, -0.15) is 10.1 Å². The summed E-state index contributed by atoms with van der Waals surface area (Å²) in [5.74, 6) is 0.806. The second-order valence-electron chi connectivity index (χ2n) is 17.2. The fourth-order valence-corrected chi connectivity index (χ4v) is 11.3. The number of halogens is 1. The number of nitrogens with zero attached hydrogens (tertiary/aromatic N) is 6. The summed E-state index contributed by atoms with van der Waals surface area (Å²) in [6.07, 6.45) is 13.0. The Hall–Kier alpha value is -5.33. The number of carbonyl (C=O) groups excluding carboxylic acids is 3. The third-order valence-corrected chi connectivity index (χ3v) is 14.4. The number of nitrogens with one attached hydrogen (secondary N) is 1. The van der Waals surface area contributed by atoms with Gasteiger partial charge in [0.2, 0.25) is 11.8 Å². The van der Waals surface area contributed by atoms with Gasteiger partial charge in [-0.05, 0) is 93.6 Å². The summed E-state index contributed by atoms with van der Waals surface area (Å²) in [7, 11) is 0. The molecule has 58 heavy (non-hydrogen) atoms. The molecule has 5 aromatic rings. The van der Waals surface area contributed by atoms with Crippen LogP contribution in [-0.2, 0) is 33.5 Å². The van der Waals surface area contributed by atoms with Crippen molar-refractivity contribution in [2.45, 2.75) is 94.2 Å². The maximum atomic E-state index is 13.4. The molecule has 6 aliphatic rings. The van der Waals surface area contributed by atoms with Crippen LogP contribution in [0.2, 0.25) is 5.02 Å². The lowest BCUT2D eigenvalue weighted by Crippen LogP contribution is -2.52. The van der Waals surface area contributed by atoms with Crippen LogP contribution < -0.4 is 15.6 Å². The molecule has 2 aromatic heterocycles. The standard InChI is InChI=1S/C45H44ClN7O5/c46-33-6-4-7-34-38(33)41(56)49-43-45(14-2-1-3-15-45)31-10-8-27(22-36(31)53(34)43)28-23-47-51(24-28)19-5-18-50-20-16-44(17-21-50)26-58-39-30-25-52(35-12-13-37(54)48-40(35)55)42(57)29(30)9-11-32(39)44/h4,6-11,22-24,35H,1-3,5,12-21,25-26H2,(H,48,54,55)/t35-/m0/s1. The molecule has 296 valence electrons. The molecule has 5 aliphatic heterocycles. The van der Waals surface area contributed by atoms with Crippen LogP contribution in [0.5, 0.6) is 5.75 Å². The van der Waals surface area contributed by atoms with E-state index in [1.807, 2.05) is 29.1 Å². The minimum absolute atomic E-state index is 0.0833. The topological polar surface area (TPSA) is 132 Å². The third kappa shape index (κ3) is 5.36. The number of piperidine rings is 2. The molecule has 2 spiro atoms. The van der Waals surface area contributed by atoms with Crippen molar-refractivity contribution in [2.75, 3.05) is 26.2 Å². The molecule has 3 aromatic carbocycles. The number of hydrogen-bond acceptors (Lipinski definition) is 8. The summed E-state index contributed by atoms with van der Waals surface area (Å²) in [5, 5.41) is 8.05. The van der Waals surface area contributed by atoms with Crippen LogP contribution in [-0.4, -0.2) is 79.1 Å². The second kappa shape index (κ2) is 13.4. The number of imide groups is 1. The van der Waals surface area contributed by atoms with Gasteiger partial charge < -0.3 is 14.5 Å². The maximum absolute atomic E-state index is 13.4. The number of rotatable bonds is 6. The summed E-state index contributed by atoms with van der Waals surface area (Å²) in [6, 6.07) is 15.7. The van der Waals surface area contributed by atoms with E-state index in [1.165, 1.54) is 17.5 Å². The van der Waals surface area contributed by atoms with E-state index in [4.69, 9.17) is 26.4 Å². The predicted molar refractivity (Wildman–Crippen MR) is 217 cm³/mol. The van der Waals surface area contributed by atoms with Gasteiger partial charge in [0.25, 0.3) is 11.5 Å². The van der Waals surface area contributed by atoms with Gasteiger partial charge in [-0.15, -0.1) is 0 Å². The van der Waals surface area contributed by atoms with E-state index >= 15 is 0 Å². The summed E-state index contributed by atoms with van der Waals surface area (Å²) < 4.78 is 10.6. The molecule has 1 aliphatic carbocycles. The molecule has 11 rings (SSSR count). The van der Waals surface area contributed by atoms with Gasteiger partial charge >= 0.3 is 0 Å². The summed E-state index contributed by atoms with van der Waals surface area (Å²) in [5.41, 5.74) is 7.31. The van der Waals surface area contributed by atoms with Crippen LogP contribution in [0.15, 0.2) is 65.7 Å². The first-order valence-corrected chi connectivity index (χ1v) is 21.2. The summed E-state index contributed by atoms with van der Waals surface area (Å²) in [4.78, 5) is 59.9. The first-order chi connectivity index (χ1) is 28.2. The average Bonchev–Trinajstić information content (AvgIpc) is 3.99. The number of fused-ring (bicyclic) bond motifs is 11. The Bertz CT molecular complexity index is 2640. The highest BCUT2D eigenvalue weighted by Gasteiger charge is 2.49. The molecule has 1 saturated carbocycles. The quantitative estimate of drug-likeness (QED) is 0.206. The minimum Gasteiger partial charge on any atom is -0.492 e. The Morgan fingerprint density at radius 1 is 0.914 bits per heavy atom. The van der Waals surface area contributed by atoms with Crippen LogP contribution in [0.3, 0.4) is 0 Å². The summed E-state index contributed by atoms with van der Waals surface area (Å²) >= 11 is 6.59. The second-order valence-corrected chi connectivity index (χ2v) is 17.6. The highest BCUT2D eigenvalue weighted by Crippen LogP contribution is 2.53. The molecule has 2 saturated heterocycles. The smallest absolute Gasteiger partial charge is 0.282 e. The van der Waals surface area contributed by atoms with Crippen molar-refractivity contribution in [1.29, 1.82) is 0 Å². The Labute approximate surface area is 340 Å². The lowest BCUT2D eigenvalue weighted by Gasteiger charge is -2.38. The number of likely N-dealkylation sites (tertiary alicyclic amines) is 1. The first kappa shape index (κ1) is 35.8. The lowest BCUT2D eigenvalue weighted by molar-refractivity contribution is -0.136. The fraction of sp³-hybridized carbons (Fsp3) is 0.422. The van der Waals surface area contributed by atoms with Crippen molar-refractivity contribution in [3.63, 3.8) is 0 Å².